The number of halogens is 3. The number of ether oxygens (including phenoxy) is 1. The van der Waals surface area contributed by atoms with Crippen molar-refractivity contribution in [1.82, 2.24) is 9.78 Å². The highest BCUT2D eigenvalue weighted by Crippen LogP contribution is 2.34. The lowest BCUT2D eigenvalue weighted by Gasteiger charge is -2.09. The summed E-state index contributed by atoms with van der Waals surface area (Å²) in [5.74, 6) is -0.629. The normalized spacial score (nSPS) is 13.4. The Morgan fingerprint density at radius 3 is 2.26 bits per heavy atom. The van der Waals surface area contributed by atoms with Gasteiger partial charge in [-0.15, -0.1) is 0 Å². The second kappa shape index (κ2) is 9.74. The van der Waals surface area contributed by atoms with E-state index in [9.17, 15) is 31.6 Å². The predicted octanol–water partition coefficient (Wildman–Crippen LogP) is 4.40. The van der Waals surface area contributed by atoms with Crippen LogP contribution in [0.1, 0.15) is 19.5 Å². The van der Waals surface area contributed by atoms with Crippen LogP contribution in [0.5, 0.6) is 0 Å². The minimum atomic E-state index is -4.73. The highest BCUT2D eigenvalue weighted by Gasteiger charge is 2.35. The van der Waals surface area contributed by atoms with Crippen molar-refractivity contribution < 1.29 is 40.8 Å². The standard InChI is InChI=1S/C21H19F3N4O6S/c1-13(29)33-14(2)34-26-28(30)17-6-4-15(5-7-17)19-12-20(21(22,23)24)25-27(19)16-8-10-18(11-9-16)35(3,31)32/h4-12,14H,1-3H3/b28-26+. The fourth-order valence-electron chi connectivity index (χ4n) is 2.93. The molecule has 35 heavy (non-hydrogen) atoms. The van der Waals surface area contributed by atoms with Crippen LogP contribution < -0.4 is 0 Å². The van der Waals surface area contributed by atoms with Crippen LogP contribution in [0.25, 0.3) is 16.9 Å². The Morgan fingerprint density at radius 1 is 1.14 bits per heavy atom. The number of nitrogens with zero attached hydrogens (tertiary/aromatic N) is 4. The topological polar surface area (TPSA) is 126 Å². The summed E-state index contributed by atoms with van der Waals surface area (Å²) in [4.78, 5) is 15.7. The predicted molar refractivity (Wildman–Crippen MR) is 115 cm³/mol. The molecule has 0 saturated carbocycles. The number of carbonyl (C=O) groups is 1. The molecular weight excluding hydrogens is 493 g/mol. The molecule has 1 unspecified atom stereocenters. The third kappa shape index (κ3) is 6.35. The lowest BCUT2D eigenvalue weighted by molar-refractivity contribution is -0.486. The number of aromatic nitrogens is 2. The Balaban J connectivity index is 1.95. The van der Waals surface area contributed by atoms with E-state index in [-0.39, 0.29) is 32.4 Å². The molecule has 0 aliphatic rings. The molecule has 0 fully saturated rings. The van der Waals surface area contributed by atoms with Crippen molar-refractivity contribution in [1.29, 1.82) is 0 Å². The van der Waals surface area contributed by atoms with Gasteiger partial charge in [0, 0.05) is 37.8 Å². The maximum absolute atomic E-state index is 13.4. The van der Waals surface area contributed by atoms with Gasteiger partial charge in [-0.2, -0.15) is 18.3 Å². The molecule has 1 aromatic heterocycles. The second-order valence-corrected chi connectivity index (χ2v) is 9.29. The third-order valence-corrected chi connectivity index (χ3v) is 5.62. The molecule has 14 heteroatoms. The molecule has 0 bridgehead atoms. The molecule has 0 spiro atoms. The quantitative estimate of drug-likeness (QED) is 0.151. The van der Waals surface area contributed by atoms with E-state index in [2.05, 4.69) is 15.1 Å². The van der Waals surface area contributed by atoms with E-state index in [4.69, 9.17) is 4.84 Å². The number of carbonyl (C=O) groups excluding carboxylic acids is 1. The van der Waals surface area contributed by atoms with E-state index in [1.165, 1.54) is 55.5 Å². The van der Waals surface area contributed by atoms with E-state index in [0.717, 1.165) is 23.9 Å². The largest absolute Gasteiger partial charge is 0.592 e. The maximum Gasteiger partial charge on any atom is 0.435 e. The first-order chi connectivity index (χ1) is 16.3. The van der Waals surface area contributed by atoms with Crippen LogP contribution in [0.3, 0.4) is 0 Å². The van der Waals surface area contributed by atoms with Gasteiger partial charge < -0.3 is 14.8 Å². The van der Waals surface area contributed by atoms with Crippen molar-refractivity contribution in [2.45, 2.75) is 31.2 Å². The number of rotatable bonds is 7. The Kier molecular flexibility index (Phi) is 7.14. The summed E-state index contributed by atoms with van der Waals surface area (Å²) in [6.45, 7) is 2.51. The second-order valence-electron chi connectivity index (χ2n) is 7.27. The fourth-order valence-corrected chi connectivity index (χ4v) is 3.56. The van der Waals surface area contributed by atoms with Crippen LogP contribution in [0.15, 0.2) is 64.8 Å². The number of alkyl halides is 3. The molecular formula is C21H19F3N4O6S. The average molecular weight is 512 g/mol. The molecule has 0 aliphatic carbocycles. The molecule has 0 amide bonds. The Labute approximate surface area is 197 Å². The van der Waals surface area contributed by atoms with E-state index in [1.54, 1.807) is 0 Å². The lowest BCUT2D eigenvalue weighted by Crippen LogP contribution is -2.14. The van der Waals surface area contributed by atoms with Gasteiger partial charge in [0.25, 0.3) is 6.29 Å². The summed E-state index contributed by atoms with van der Waals surface area (Å²) in [6, 6.07) is 11.4. The van der Waals surface area contributed by atoms with Crippen molar-refractivity contribution in [3.63, 3.8) is 0 Å². The highest BCUT2D eigenvalue weighted by atomic mass is 32.2. The average Bonchev–Trinajstić information content (AvgIpc) is 3.23. The number of hydrogen-bond acceptors (Lipinski definition) is 8. The van der Waals surface area contributed by atoms with Crippen LogP contribution in [-0.2, 0) is 30.4 Å². The Bertz CT molecular complexity index is 1350. The van der Waals surface area contributed by atoms with Crippen LogP contribution in [0.4, 0.5) is 18.9 Å². The van der Waals surface area contributed by atoms with Crippen LogP contribution in [0.2, 0.25) is 0 Å². The van der Waals surface area contributed by atoms with Gasteiger partial charge in [-0.25, -0.2) is 13.1 Å². The monoisotopic (exact) mass is 512 g/mol. The van der Waals surface area contributed by atoms with Crippen LogP contribution in [0, 0.1) is 5.21 Å². The zero-order valence-electron chi connectivity index (χ0n) is 18.6. The van der Waals surface area contributed by atoms with Crippen molar-refractivity contribution in [3.05, 3.63) is 65.5 Å². The van der Waals surface area contributed by atoms with Gasteiger partial charge in [-0.05, 0) is 47.3 Å². The number of sulfone groups is 1. The van der Waals surface area contributed by atoms with Crippen LogP contribution >= 0.6 is 0 Å². The molecule has 1 heterocycles. The van der Waals surface area contributed by atoms with Gasteiger partial charge >= 0.3 is 12.1 Å². The minimum absolute atomic E-state index is 0.000110. The molecule has 186 valence electrons. The molecule has 3 aromatic rings. The molecule has 0 saturated heterocycles. The van der Waals surface area contributed by atoms with Gasteiger partial charge in [0.2, 0.25) is 11.0 Å². The lowest BCUT2D eigenvalue weighted by atomic mass is 10.1. The zero-order valence-corrected chi connectivity index (χ0v) is 19.4. The van der Waals surface area contributed by atoms with Crippen molar-refractivity contribution in [2.75, 3.05) is 6.26 Å². The maximum atomic E-state index is 13.4. The number of hydrogen-bond donors (Lipinski definition) is 0. The third-order valence-electron chi connectivity index (χ3n) is 4.49. The summed E-state index contributed by atoms with van der Waals surface area (Å²) < 4.78 is 69.2. The first-order valence-corrected chi connectivity index (χ1v) is 11.7. The van der Waals surface area contributed by atoms with Crippen LogP contribution in [-0.4, -0.2) is 41.6 Å². The molecule has 2 aromatic carbocycles. The van der Waals surface area contributed by atoms with E-state index in [1.807, 2.05) is 0 Å². The molecule has 3 rings (SSSR count). The van der Waals surface area contributed by atoms with Crippen molar-refractivity contribution in [2.24, 2.45) is 5.28 Å². The van der Waals surface area contributed by atoms with E-state index in [0.29, 0.717) is 0 Å². The molecule has 0 aliphatic heterocycles. The Hall–Kier alpha value is -3.94. The summed E-state index contributed by atoms with van der Waals surface area (Å²) >= 11 is 0. The fraction of sp³-hybridized carbons (Fsp3) is 0.238. The first-order valence-electron chi connectivity index (χ1n) is 9.85. The van der Waals surface area contributed by atoms with Gasteiger partial charge in [-0.1, -0.05) is 0 Å². The van der Waals surface area contributed by atoms with E-state index < -0.39 is 34.0 Å². The van der Waals surface area contributed by atoms with Crippen molar-refractivity contribution >= 4 is 21.5 Å². The SMILES string of the molecule is CC(=O)OC(C)O/N=[N+](/[O-])c1ccc(-c2cc(C(F)(F)F)nn2-c2ccc(S(C)(=O)=O)cc2)cc1. The minimum Gasteiger partial charge on any atom is -0.592 e. The first kappa shape index (κ1) is 25.7. The number of esters is 1. The van der Waals surface area contributed by atoms with Gasteiger partial charge in [0.1, 0.15) is 0 Å². The summed E-state index contributed by atoms with van der Waals surface area (Å²) in [6.07, 6.45) is -4.82. The molecule has 0 radical (unpaired) electrons. The van der Waals surface area contributed by atoms with E-state index >= 15 is 0 Å². The summed E-state index contributed by atoms with van der Waals surface area (Å²) in [7, 11) is -3.50. The molecule has 1 atom stereocenters. The highest BCUT2D eigenvalue weighted by molar-refractivity contribution is 7.90. The van der Waals surface area contributed by atoms with Gasteiger partial charge in [0.15, 0.2) is 15.5 Å². The Morgan fingerprint density at radius 2 is 1.74 bits per heavy atom. The molecule has 10 nitrogen and oxygen atoms in total. The zero-order chi connectivity index (χ0) is 26.0. The summed E-state index contributed by atoms with van der Waals surface area (Å²) in [5.41, 5.74) is -0.641. The van der Waals surface area contributed by atoms with Gasteiger partial charge in [0.05, 0.1) is 16.3 Å². The van der Waals surface area contributed by atoms with Crippen molar-refractivity contribution in [3.8, 4) is 16.9 Å². The smallest absolute Gasteiger partial charge is 0.435 e. The number of benzene rings is 2. The molecule has 0 N–H and O–H groups in total. The van der Waals surface area contributed by atoms with Gasteiger partial charge in [-0.3, -0.25) is 4.79 Å². The summed E-state index contributed by atoms with van der Waals surface area (Å²) in [5, 5.41) is 19.0.